The molecule has 0 amide bonds. The van der Waals surface area contributed by atoms with Crippen molar-refractivity contribution in [2.45, 2.75) is 12.6 Å². The first-order valence-corrected chi connectivity index (χ1v) is 6.39. The van der Waals surface area contributed by atoms with Gasteiger partial charge in [-0.05, 0) is 17.7 Å². The van der Waals surface area contributed by atoms with Gasteiger partial charge in [-0.3, -0.25) is 5.10 Å². The Morgan fingerprint density at radius 3 is 2.81 bits per heavy atom. The second-order valence-corrected chi connectivity index (χ2v) is 4.48. The van der Waals surface area contributed by atoms with E-state index in [2.05, 4.69) is 25.3 Å². The van der Waals surface area contributed by atoms with E-state index in [1.54, 1.807) is 18.1 Å². The molecule has 1 atom stereocenters. The number of rotatable bonds is 5. The highest BCUT2D eigenvalue weighted by molar-refractivity contribution is 5.31. The van der Waals surface area contributed by atoms with Gasteiger partial charge in [-0.25, -0.2) is 14.6 Å². The van der Waals surface area contributed by atoms with Gasteiger partial charge in [0.15, 0.2) is 5.82 Å². The Morgan fingerprint density at radius 2 is 2.14 bits per heavy atom. The summed E-state index contributed by atoms with van der Waals surface area (Å²) >= 11 is 0. The molecule has 0 radical (unpaired) electrons. The molecule has 2 heterocycles. The fraction of sp³-hybridized carbons (Fsp3) is 0.231. The van der Waals surface area contributed by atoms with E-state index in [9.17, 15) is 0 Å². The van der Waals surface area contributed by atoms with Gasteiger partial charge in [0.25, 0.3) is 0 Å². The van der Waals surface area contributed by atoms with Gasteiger partial charge >= 0.3 is 0 Å². The maximum atomic E-state index is 6.17. The zero-order valence-electron chi connectivity index (χ0n) is 11.5. The summed E-state index contributed by atoms with van der Waals surface area (Å²) in [6.07, 6.45) is 3.09. The van der Waals surface area contributed by atoms with Gasteiger partial charge in [0.1, 0.15) is 30.8 Å². The van der Waals surface area contributed by atoms with Gasteiger partial charge in [0, 0.05) is 0 Å². The lowest BCUT2D eigenvalue weighted by atomic mass is 10.1. The average Bonchev–Trinajstić information content (AvgIpc) is 3.19. The summed E-state index contributed by atoms with van der Waals surface area (Å²) in [5.74, 6) is 2.00. The molecular formula is C13H15N7O. The number of hydrogen-bond acceptors (Lipinski definition) is 6. The van der Waals surface area contributed by atoms with Crippen molar-refractivity contribution in [1.82, 2.24) is 29.9 Å². The van der Waals surface area contributed by atoms with Crippen molar-refractivity contribution in [1.29, 1.82) is 0 Å². The third kappa shape index (κ3) is 2.90. The summed E-state index contributed by atoms with van der Waals surface area (Å²) in [4.78, 5) is 8.27. The van der Waals surface area contributed by atoms with Crippen LogP contribution in [0.4, 0.5) is 0 Å². The predicted octanol–water partition coefficient (Wildman–Crippen LogP) is 0.501. The van der Waals surface area contributed by atoms with Crippen LogP contribution >= 0.6 is 0 Å². The smallest absolute Gasteiger partial charge is 0.171 e. The van der Waals surface area contributed by atoms with Gasteiger partial charge in [0.2, 0.25) is 0 Å². The van der Waals surface area contributed by atoms with E-state index >= 15 is 0 Å². The van der Waals surface area contributed by atoms with E-state index in [1.807, 2.05) is 24.3 Å². The van der Waals surface area contributed by atoms with Crippen LogP contribution in [0.3, 0.4) is 0 Å². The van der Waals surface area contributed by atoms with Crippen LogP contribution in [0.1, 0.15) is 23.3 Å². The van der Waals surface area contributed by atoms with Crippen LogP contribution in [0.15, 0.2) is 36.9 Å². The average molecular weight is 285 g/mol. The molecule has 2 aromatic heterocycles. The number of hydrogen-bond donors (Lipinski definition) is 2. The summed E-state index contributed by atoms with van der Waals surface area (Å²) in [5, 5.41) is 11.0. The number of aromatic amines is 1. The molecule has 0 saturated carbocycles. The standard InChI is InChI=1S/C13H15N7O/c1-21-10-4-2-9(3-5-10)12(14)13-17-11(18-19-13)6-20-8-15-7-16-20/h2-5,7-8,12H,6,14H2,1H3,(H,17,18,19). The summed E-state index contributed by atoms with van der Waals surface area (Å²) in [7, 11) is 1.63. The second-order valence-electron chi connectivity index (χ2n) is 4.48. The summed E-state index contributed by atoms with van der Waals surface area (Å²) in [6.45, 7) is 0.475. The molecular weight excluding hydrogens is 270 g/mol. The molecule has 1 aromatic carbocycles. The molecule has 1 unspecified atom stereocenters. The van der Waals surface area contributed by atoms with Crippen LogP contribution in [-0.4, -0.2) is 37.1 Å². The van der Waals surface area contributed by atoms with Gasteiger partial charge < -0.3 is 10.5 Å². The minimum atomic E-state index is -0.392. The second kappa shape index (κ2) is 5.71. The van der Waals surface area contributed by atoms with Crippen molar-refractivity contribution in [3.63, 3.8) is 0 Å². The van der Waals surface area contributed by atoms with Crippen molar-refractivity contribution in [2.75, 3.05) is 7.11 Å². The molecule has 0 saturated heterocycles. The Kier molecular flexibility index (Phi) is 3.61. The van der Waals surface area contributed by atoms with E-state index in [0.717, 1.165) is 11.3 Å². The van der Waals surface area contributed by atoms with Crippen molar-refractivity contribution in [3.05, 3.63) is 54.1 Å². The molecule has 0 aliphatic rings. The molecule has 21 heavy (non-hydrogen) atoms. The minimum absolute atomic E-state index is 0.392. The Bertz CT molecular complexity index is 690. The molecule has 8 nitrogen and oxygen atoms in total. The number of methoxy groups -OCH3 is 1. The molecule has 0 spiro atoms. The van der Waals surface area contributed by atoms with Gasteiger partial charge in [-0.1, -0.05) is 12.1 Å². The summed E-state index contributed by atoms with van der Waals surface area (Å²) in [6, 6.07) is 7.13. The van der Waals surface area contributed by atoms with Crippen LogP contribution in [-0.2, 0) is 6.54 Å². The van der Waals surface area contributed by atoms with E-state index < -0.39 is 6.04 Å². The van der Waals surface area contributed by atoms with Crippen molar-refractivity contribution < 1.29 is 4.74 Å². The summed E-state index contributed by atoms with van der Waals surface area (Å²) in [5.41, 5.74) is 7.09. The maximum Gasteiger partial charge on any atom is 0.171 e. The molecule has 3 aromatic rings. The van der Waals surface area contributed by atoms with E-state index in [-0.39, 0.29) is 0 Å². The molecule has 108 valence electrons. The molecule has 3 N–H and O–H groups in total. The normalized spacial score (nSPS) is 12.3. The first-order chi connectivity index (χ1) is 10.3. The lowest BCUT2D eigenvalue weighted by Gasteiger charge is -2.08. The zero-order chi connectivity index (χ0) is 14.7. The van der Waals surface area contributed by atoms with Crippen LogP contribution < -0.4 is 10.5 Å². The first kappa shape index (κ1) is 13.3. The summed E-state index contributed by atoms with van der Waals surface area (Å²) < 4.78 is 6.78. The monoisotopic (exact) mass is 285 g/mol. The van der Waals surface area contributed by atoms with Gasteiger partial charge in [0.05, 0.1) is 13.2 Å². The fourth-order valence-corrected chi connectivity index (χ4v) is 1.95. The zero-order valence-corrected chi connectivity index (χ0v) is 11.5. The highest BCUT2D eigenvalue weighted by atomic mass is 16.5. The SMILES string of the molecule is COc1ccc(C(N)c2n[nH]c(Cn3cncn3)n2)cc1. The maximum absolute atomic E-state index is 6.17. The molecule has 3 rings (SSSR count). The third-order valence-electron chi connectivity index (χ3n) is 3.08. The Labute approximate surface area is 121 Å². The topological polar surface area (TPSA) is 108 Å². The Balaban J connectivity index is 1.75. The lowest BCUT2D eigenvalue weighted by molar-refractivity contribution is 0.414. The number of nitrogens with zero attached hydrogens (tertiary/aromatic N) is 5. The fourth-order valence-electron chi connectivity index (χ4n) is 1.95. The van der Waals surface area contributed by atoms with Crippen LogP contribution in [0.2, 0.25) is 0 Å². The first-order valence-electron chi connectivity index (χ1n) is 6.39. The highest BCUT2D eigenvalue weighted by Gasteiger charge is 2.14. The lowest BCUT2D eigenvalue weighted by Crippen LogP contribution is -2.13. The van der Waals surface area contributed by atoms with Crippen LogP contribution in [0, 0.1) is 0 Å². The number of ether oxygens (including phenoxy) is 1. The quantitative estimate of drug-likeness (QED) is 0.707. The Morgan fingerprint density at radius 1 is 1.33 bits per heavy atom. The molecule has 0 fully saturated rings. The van der Waals surface area contributed by atoms with E-state index in [4.69, 9.17) is 10.5 Å². The third-order valence-corrected chi connectivity index (χ3v) is 3.08. The number of aromatic nitrogens is 6. The molecule has 0 aliphatic carbocycles. The van der Waals surface area contributed by atoms with Crippen molar-refractivity contribution >= 4 is 0 Å². The van der Waals surface area contributed by atoms with Crippen molar-refractivity contribution in [2.24, 2.45) is 5.73 Å². The van der Waals surface area contributed by atoms with Crippen LogP contribution in [0.5, 0.6) is 5.75 Å². The van der Waals surface area contributed by atoms with E-state index in [1.165, 1.54) is 6.33 Å². The van der Waals surface area contributed by atoms with Gasteiger partial charge in [-0.15, -0.1) is 0 Å². The van der Waals surface area contributed by atoms with Crippen molar-refractivity contribution in [3.8, 4) is 5.75 Å². The Hall–Kier alpha value is -2.74. The minimum Gasteiger partial charge on any atom is -0.497 e. The largest absolute Gasteiger partial charge is 0.497 e. The number of H-pyrrole nitrogens is 1. The number of nitrogens with one attached hydrogen (secondary N) is 1. The molecule has 0 aliphatic heterocycles. The highest BCUT2D eigenvalue weighted by Crippen LogP contribution is 2.19. The number of nitrogens with two attached hydrogens (primary N) is 1. The molecule has 8 heteroatoms. The predicted molar refractivity (Wildman–Crippen MR) is 74.5 cm³/mol. The van der Waals surface area contributed by atoms with Crippen LogP contribution in [0.25, 0.3) is 0 Å². The number of benzene rings is 1. The molecule has 0 bridgehead atoms. The van der Waals surface area contributed by atoms with E-state index in [0.29, 0.717) is 18.2 Å². The van der Waals surface area contributed by atoms with Gasteiger partial charge in [-0.2, -0.15) is 10.2 Å².